The Morgan fingerprint density at radius 3 is 2.57 bits per heavy atom. The third-order valence-electron chi connectivity index (χ3n) is 3.55. The number of aromatic nitrogens is 1. The van der Waals surface area contributed by atoms with E-state index >= 15 is 0 Å². The monoisotopic (exact) mass is 340 g/mol. The number of anilines is 1. The SMILES string of the molecule is Cc1cc(N(C)Cc2ccccc2)c2cc(Br)ccc2n1. The average molecular weight is 341 g/mol. The van der Waals surface area contributed by atoms with E-state index in [1.54, 1.807) is 0 Å². The third-order valence-corrected chi connectivity index (χ3v) is 4.04. The molecule has 0 unspecified atom stereocenters. The van der Waals surface area contributed by atoms with Crippen molar-refractivity contribution in [3.05, 3.63) is 70.3 Å². The molecule has 106 valence electrons. The van der Waals surface area contributed by atoms with E-state index in [0.717, 1.165) is 22.2 Å². The zero-order valence-electron chi connectivity index (χ0n) is 12.2. The van der Waals surface area contributed by atoms with Gasteiger partial charge < -0.3 is 4.90 Å². The molecule has 0 saturated carbocycles. The molecule has 0 aliphatic heterocycles. The molecule has 3 heteroatoms. The van der Waals surface area contributed by atoms with Gasteiger partial charge >= 0.3 is 0 Å². The van der Waals surface area contributed by atoms with Gasteiger partial charge in [0.1, 0.15) is 0 Å². The number of hydrogen-bond acceptors (Lipinski definition) is 2. The lowest BCUT2D eigenvalue weighted by Gasteiger charge is -2.22. The Bertz CT molecular complexity index is 769. The molecule has 3 rings (SSSR count). The Hall–Kier alpha value is -1.87. The van der Waals surface area contributed by atoms with E-state index in [1.165, 1.54) is 16.6 Å². The number of nitrogens with zero attached hydrogens (tertiary/aromatic N) is 2. The number of hydrogen-bond donors (Lipinski definition) is 0. The molecule has 2 aromatic carbocycles. The van der Waals surface area contributed by atoms with Gasteiger partial charge in [0, 0.05) is 34.8 Å². The fourth-order valence-corrected chi connectivity index (χ4v) is 2.93. The number of rotatable bonds is 3. The zero-order chi connectivity index (χ0) is 14.8. The maximum absolute atomic E-state index is 4.62. The second kappa shape index (κ2) is 5.86. The molecule has 0 aliphatic carbocycles. The summed E-state index contributed by atoms with van der Waals surface area (Å²) in [5.41, 5.74) is 4.59. The summed E-state index contributed by atoms with van der Waals surface area (Å²) in [6.45, 7) is 2.92. The van der Waals surface area contributed by atoms with E-state index in [-0.39, 0.29) is 0 Å². The number of benzene rings is 2. The van der Waals surface area contributed by atoms with Gasteiger partial charge in [-0.05, 0) is 36.8 Å². The summed E-state index contributed by atoms with van der Waals surface area (Å²) >= 11 is 3.55. The van der Waals surface area contributed by atoms with Crippen LogP contribution in [0.4, 0.5) is 5.69 Å². The maximum Gasteiger partial charge on any atom is 0.0726 e. The van der Waals surface area contributed by atoms with Crippen LogP contribution in [-0.2, 0) is 6.54 Å². The van der Waals surface area contributed by atoms with Gasteiger partial charge in [-0.3, -0.25) is 4.98 Å². The van der Waals surface area contributed by atoms with Crippen molar-refractivity contribution in [2.45, 2.75) is 13.5 Å². The second-order valence-electron chi connectivity index (χ2n) is 5.29. The lowest BCUT2D eigenvalue weighted by atomic mass is 10.1. The Morgan fingerprint density at radius 2 is 1.81 bits per heavy atom. The van der Waals surface area contributed by atoms with Crippen LogP contribution in [0.1, 0.15) is 11.3 Å². The number of fused-ring (bicyclic) bond motifs is 1. The van der Waals surface area contributed by atoms with Gasteiger partial charge in [0.05, 0.1) is 5.52 Å². The molecule has 0 saturated heterocycles. The summed E-state index contributed by atoms with van der Waals surface area (Å²) < 4.78 is 1.08. The minimum atomic E-state index is 0.881. The first-order valence-corrected chi connectivity index (χ1v) is 7.75. The van der Waals surface area contributed by atoms with Gasteiger partial charge in [-0.25, -0.2) is 0 Å². The van der Waals surface area contributed by atoms with Crippen LogP contribution >= 0.6 is 15.9 Å². The minimum Gasteiger partial charge on any atom is -0.370 e. The molecular weight excluding hydrogens is 324 g/mol. The molecule has 1 aromatic heterocycles. The second-order valence-corrected chi connectivity index (χ2v) is 6.20. The van der Waals surface area contributed by atoms with Gasteiger partial charge in [-0.1, -0.05) is 46.3 Å². The van der Waals surface area contributed by atoms with Crippen molar-refractivity contribution < 1.29 is 0 Å². The molecule has 0 N–H and O–H groups in total. The highest BCUT2D eigenvalue weighted by Crippen LogP contribution is 2.29. The molecule has 21 heavy (non-hydrogen) atoms. The predicted molar refractivity (Wildman–Crippen MR) is 92.7 cm³/mol. The lowest BCUT2D eigenvalue weighted by molar-refractivity contribution is 0.925. The highest BCUT2D eigenvalue weighted by molar-refractivity contribution is 9.10. The van der Waals surface area contributed by atoms with Gasteiger partial charge in [-0.2, -0.15) is 0 Å². The van der Waals surface area contributed by atoms with Gasteiger partial charge in [0.25, 0.3) is 0 Å². The summed E-state index contributed by atoms with van der Waals surface area (Å²) in [5.74, 6) is 0. The van der Waals surface area contributed by atoms with Crippen LogP contribution < -0.4 is 4.90 Å². The van der Waals surface area contributed by atoms with Crippen molar-refractivity contribution in [2.24, 2.45) is 0 Å². The summed E-state index contributed by atoms with van der Waals surface area (Å²) in [4.78, 5) is 6.90. The molecule has 2 nitrogen and oxygen atoms in total. The van der Waals surface area contributed by atoms with Crippen LogP contribution in [0.3, 0.4) is 0 Å². The Morgan fingerprint density at radius 1 is 1.05 bits per heavy atom. The standard InChI is InChI=1S/C18H17BrN2/c1-13-10-18(16-11-15(19)8-9-17(16)20-13)21(2)12-14-6-4-3-5-7-14/h3-11H,12H2,1-2H3. The van der Waals surface area contributed by atoms with Gasteiger partial charge in [-0.15, -0.1) is 0 Å². The lowest BCUT2D eigenvalue weighted by Crippen LogP contribution is -2.17. The summed E-state index contributed by atoms with van der Waals surface area (Å²) in [6.07, 6.45) is 0. The van der Waals surface area contributed by atoms with Crippen LogP contribution in [0.25, 0.3) is 10.9 Å². The van der Waals surface area contributed by atoms with Crippen LogP contribution in [-0.4, -0.2) is 12.0 Å². The van der Waals surface area contributed by atoms with Crippen molar-refractivity contribution in [1.29, 1.82) is 0 Å². The highest BCUT2D eigenvalue weighted by atomic mass is 79.9. The predicted octanol–water partition coefficient (Wildman–Crippen LogP) is 4.94. The van der Waals surface area contributed by atoms with E-state index in [0.29, 0.717) is 0 Å². The highest BCUT2D eigenvalue weighted by Gasteiger charge is 2.09. The average Bonchev–Trinajstić information content (AvgIpc) is 2.48. The molecule has 0 aliphatic rings. The van der Waals surface area contributed by atoms with Crippen LogP contribution in [0.5, 0.6) is 0 Å². The summed E-state index contributed by atoms with van der Waals surface area (Å²) in [6, 6.07) is 18.9. The van der Waals surface area contributed by atoms with Crippen molar-refractivity contribution in [3.63, 3.8) is 0 Å². The topological polar surface area (TPSA) is 16.1 Å². The first-order valence-electron chi connectivity index (χ1n) is 6.95. The summed E-state index contributed by atoms with van der Waals surface area (Å²) in [7, 11) is 2.13. The van der Waals surface area contributed by atoms with E-state index in [9.17, 15) is 0 Å². The van der Waals surface area contributed by atoms with Crippen LogP contribution in [0.15, 0.2) is 59.1 Å². The number of pyridine rings is 1. The number of aryl methyl sites for hydroxylation is 1. The third kappa shape index (κ3) is 3.08. The first-order chi connectivity index (χ1) is 10.1. The molecule has 0 spiro atoms. The maximum atomic E-state index is 4.62. The van der Waals surface area contributed by atoms with Gasteiger partial charge in [0.15, 0.2) is 0 Å². The smallest absolute Gasteiger partial charge is 0.0726 e. The van der Waals surface area contributed by atoms with Crippen molar-refractivity contribution in [1.82, 2.24) is 4.98 Å². The molecule has 0 amide bonds. The van der Waals surface area contributed by atoms with Crippen LogP contribution in [0.2, 0.25) is 0 Å². The first kappa shape index (κ1) is 14.1. The van der Waals surface area contributed by atoms with E-state index in [2.05, 4.69) is 75.3 Å². The largest absolute Gasteiger partial charge is 0.370 e. The normalized spacial score (nSPS) is 10.8. The quantitative estimate of drug-likeness (QED) is 0.671. The fourth-order valence-electron chi connectivity index (χ4n) is 2.57. The van der Waals surface area contributed by atoms with E-state index < -0.39 is 0 Å². The molecular formula is C18H17BrN2. The molecule has 3 aromatic rings. The van der Waals surface area contributed by atoms with Crippen molar-refractivity contribution in [2.75, 3.05) is 11.9 Å². The molecule has 0 atom stereocenters. The fraction of sp³-hybridized carbons (Fsp3) is 0.167. The molecule has 1 heterocycles. The number of halogens is 1. The minimum absolute atomic E-state index is 0.881. The zero-order valence-corrected chi connectivity index (χ0v) is 13.8. The van der Waals surface area contributed by atoms with Crippen molar-refractivity contribution in [3.8, 4) is 0 Å². The molecule has 0 radical (unpaired) electrons. The Labute approximate surface area is 133 Å². The van der Waals surface area contributed by atoms with Crippen LogP contribution in [0, 0.1) is 6.92 Å². The van der Waals surface area contributed by atoms with E-state index in [4.69, 9.17) is 0 Å². The Kier molecular flexibility index (Phi) is 3.93. The Balaban J connectivity index is 2.04. The summed E-state index contributed by atoms with van der Waals surface area (Å²) in [5, 5.41) is 1.17. The van der Waals surface area contributed by atoms with Crippen molar-refractivity contribution >= 4 is 32.5 Å². The van der Waals surface area contributed by atoms with Gasteiger partial charge in [0.2, 0.25) is 0 Å². The molecule has 0 bridgehead atoms. The van der Waals surface area contributed by atoms with E-state index in [1.807, 2.05) is 19.1 Å². The molecule has 0 fully saturated rings.